The van der Waals surface area contributed by atoms with Crippen molar-refractivity contribution < 1.29 is 4.39 Å². The van der Waals surface area contributed by atoms with E-state index < -0.39 is 0 Å². The molecule has 0 aliphatic carbocycles. The second-order valence-electron chi connectivity index (χ2n) is 7.58. The van der Waals surface area contributed by atoms with Crippen LogP contribution in [0.1, 0.15) is 12.5 Å². The number of fused-ring (bicyclic) bond motifs is 2. The van der Waals surface area contributed by atoms with Crippen molar-refractivity contribution in [1.29, 1.82) is 0 Å². The molecular weight excluding hydrogens is 357 g/mol. The van der Waals surface area contributed by atoms with E-state index in [9.17, 15) is 4.79 Å². The van der Waals surface area contributed by atoms with Crippen LogP contribution < -0.4 is 15.5 Å². The fraction of sp³-hybridized carbons (Fsp3) is 0.556. The normalized spacial score (nSPS) is 23.3. The third-order valence-electron chi connectivity index (χ3n) is 5.89. The average molecular weight is 380 g/mol. The van der Waals surface area contributed by atoms with Gasteiger partial charge in [0.25, 0.3) is 0 Å². The lowest BCUT2D eigenvalue weighted by Gasteiger charge is -2.44. The second kappa shape index (κ2) is 5.82. The van der Waals surface area contributed by atoms with E-state index in [0.29, 0.717) is 40.6 Å². The largest absolute Gasteiger partial charge is 0.369 e. The highest BCUT2D eigenvalue weighted by atomic mass is 35.5. The topological polar surface area (TPSA) is 44.6 Å². The zero-order valence-corrected chi connectivity index (χ0v) is 16.4. The first-order chi connectivity index (χ1) is 12.2. The minimum absolute atomic E-state index is 0.120. The summed E-state index contributed by atoms with van der Waals surface area (Å²) in [4.78, 5) is 23.3. The number of aromatic nitrogens is 2. The smallest absolute Gasteiger partial charge is 0.349 e. The van der Waals surface area contributed by atoms with Gasteiger partial charge in [-0.15, -0.1) is 0 Å². The van der Waals surface area contributed by atoms with Gasteiger partial charge in [0.15, 0.2) is 5.82 Å². The van der Waals surface area contributed by atoms with E-state index in [-0.39, 0.29) is 22.6 Å². The zero-order valence-electron chi connectivity index (χ0n) is 15.7. The molecule has 2 aliphatic rings. The highest BCUT2D eigenvalue weighted by Gasteiger charge is 2.37. The van der Waals surface area contributed by atoms with Crippen LogP contribution in [0.3, 0.4) is 0 Å². The summed E-state index contributed by atoms with van der Waals surface area (Å²) < 4.78 is 16.7. The van der Waals surface area contributed by atoms with Gasteiger partial charge in [-0.3, -0.25) is 9.47 Å². The Balaban J connectivity index is 2.13. The van der Waals surface area contributed by atoms with Crippen LogP contribution >= 0.6 is 11.6 Å². The maximum atomic E-state index is 15.2. The van der Waals surface area contributed by atoms with Crippen LogP contribution in [0.15, 0.2) is 4.79 Å². The van der Waals surface area contributed by atoms with Crippen molar-refractivity contribution in [3.05, 3.63) is 26.9 Å². The molecule has 26 heavy (non-hydrogen) atoms. The van der Waals surface area contributed by atoms with Gasteiger partial charge in [-0.25, -0.2) is 9.18 Å². The molecule has 0 radical (unpaired) electrons. The lowest BCUT2D eigenvalue weighted by molar-refractivity contribution is 0.201. The van der Waals surface area contributed by atoms with Crippen molar-refractivity contribution in [3.63, 3.8) is 0 Å². The number of nitrogens with zero attached hydrogens (tertiary/aromatic N) is 5. The van der Waals surface area contributed by atoms with Crippen molar-refractivity contribution in [1.82, 2.24) is 14.5 Å². The average Bonchev–Trinajstić information content (AvgIpc) is 2.69. The summed E-state index contributed by atoms with van der Waals surface area (Å²) in [5, 5.41) is 0.903. The van der Waals surface area contributed by atoms with Crippen LogP contribution in [-0.4, -0.2) is 60.3 Å². The monoisotopic (exact) mass is 379 g/mol. The first kappa shape index (κ1) is 17.5. The van der Waals surface area contributed by atoms with Gasteiger partial charge in [0.2, 0.25) is 0 Å². The van der Waals surface area contributed by atoms with Gasteiger partial charge in [0, 0.05) is 45.3 Å². The molecule has 6 nitrogen and oxygen atoms in total. The van der Waals surface area contributed by atoms with Crippen LogP contribution in [0, 0.1) is 12.7 Å². The van der Waals surface area contributed by atoms with Crippen LogP contribution in [0.25, 0.3) is 10.9 Å². The van der Waals surface area contributed by atoms with Crippen molar-refractivity contribution in [2.45, 2.75) is 25.9 Å². The number of hydrogen-bond acceptors (Lipinski definition) is 5. The molecule has 0 N–H and O–H groups in total. The molecule has 1 fully saturated rings. The molecule has 2 aromatic rings. The molecule has 0 saturated carbocycles. The van der Waals surface area contributed by atoms with Crippen molar-refractivity contribution >= 4 is 34.0 Å². The number of halogens is 2. The Hall–Kier alpha value is -1.86. The molecule has 0 amide bonds. The maximum Gasteiger partial charge on any atom is 0.349 e. The molecule has 3 heterocycles. The second-order valence-corrected chi connectivity index (χ2v) is 7.96. The van der Waals surface area contributed by atoms with E-state index in [1.54, 1.807) is 14.0 Å². The lowest BCUT2D eigenvalue weighted by atomic mass is 10.1. The fourth-order valence-corrected chi connectivity index (χ4v) is 4.50. The third-order valence-corrected chi connectivity index (χ3v) is 6.35. The van der Waals surface area contributed by atoms with E-state index in [1.165, 1.54) is 4.57 Å². The minimum Gasteiger partial charge on any atom is -0.369 e. The zero-order chi connectivity index (χ0) is 18.9. The fourth-order valence-electron chi connectivity index (χ4n) is 4.20. The molecule has 1 saturated heterocycles. The first-order valence-corrected chi connectivity index (χ1v) is 9.16. The highest BCUT2D eigenvalue weighted by molar-refractivity contribution is 6.37. The van der Waals surface area contributed by atoms with E-state index in [0.717, 1.165) is 13.1 Å². The number of piperazine rings is 1. The van der Waals surface area contributed by atoms with Crippen LogP contribution in [0.2, 0.25) is 5.02 Å². The number of likely N-dealkylation sites (N-methyl/N-ethyl adjacent to an activating group) is 2. The summed E-state index contributed by atoms with van der Waals surface area (Å²) in [6.45, 7) is 6.01. The SMILES string of the molecule is Cc1c(F)c2c3c(nc(=O)n(C)c3c1Cl)N1CC(C)N(C)CC1CN2C. The van der Waals surface area contributed by atoms with Gasteiger partial charge < -0.3 is 9.80 Å². The van der Waals surface area contributed by atoms with E-state index in [1.807, 2.05) is 11.9 Å². The van der Waals surface area contributed by atoms with Crippen LogP contribution in [0.4, 0.5) is 15.9 Å². The number of hydrogen-bond donors (Lipinski definition) is 0. The summed E-state index contributed by atoms with van der Waals surface area (Å²) in [7, 11) is 5.62. The van der Waals surface area contributed by atoms with Gasteiger partial charge in [-0.2, -0.15) is 4.98 Å². The molecule has 2 unspecified atom stereocenters. The third kappa shape index (κ3) is 2.26. The molecule has 2 atom stereocenters. The summed E-state index contributed by atoms with van der Waals surface area (Å²) >= 11 is 6.49. The van der Waals surface area contributed by atoms with Crippen LogP contribution in [-0.2, 0) is 7.05 Å². The highest BCUT2D eigenvalue weighted by Crippen LogP contribution is 2.43. The van der Waals surface area contributed by atoms with E-state index in [4.69, 9.17) is 11.6 Å². The minimum atomic E-state index is -0.374. The van der Waals surface area contributed by atoms with Gasteiger partial charge in [-0.1, -0.05) is 11.6 Å². The molecule has 1 aromatic heterocycles. The number of aryl methyl sites for hydroxylation is 1. The molecule has 4 rings (SSSR count). The number of anilines is 2. The summed E-state index contributed by atoms with van der Waals surface area (Å²) in [5.41, 5.74) is 1.01. The maximum absolute atomic E-state index is 15.2. The predicted molar refractivity (Wildman–Crippen MR) is 103 cm³/mol. The van der Waals surface area contributed by atoms with Gasteiger partial charge in [0.05, 0.1) is 27.7 Å². The quantitative estimate of drug-likeness (QED) is 0.700. The van der Waals surface area contributed by atoms with Crippen molar-refractivity contribution in [3.8, 4) is 0 Å². The lowest BCUT2D eigenvalue weighted by Crippen LogP contribution is -2.59. The summed E-state index contributed by atoms with van der Waals surface area (Å²) in [6.07, 6.45) is 0. The summed E-state index contributed by atoms with van der Waals surface area (Å²) in [5.74, 6) is 0.209. The van der Waals surface area contributed by atoms with Gasteiger partial charge >= 0.3 is 5.69 Å². The summed E-state index contributed by atoms with van der Waals surface area (Å²) in [6, 6.07) is 0.430. The molecule has 0 bridgehead atoms. The number of rotatable bonds is 0. The van der Waals surface area contributed by atoms with Crippen molar-refractivity contribution in [2.75, 3.05) is 43.5 Å². The Bertz CT molecular complexity index is 975. The van der Waals surface area contributed by atoms with E-state index >= 15 is 4.39 Å². The Morgan fingerprint density at radius 1 is 1.19 bits per heavy atom. The first-order valence-electron chi connectivity index (χ1n) is 8.78. The standard InChI is InChI=1S/C18H23ClFN5O/c1-9-6-25-11(7-22(9)3)8-23(4)16-12-15(13(19)10(2)14(16)20)24(5)18(26)21-17(12)25/h9,11H,6-8H2,1-5H3. The molecule has 140 valence electrons. The Labute approximate surface area is 156 Å². The van der Waals surface area contributed by atoms with Gasteiger partial charge in [-0.05, 0) is 20.9 Å². The van der Waals surface area contributed by atoms with Crippen molar-refractivity contribution in [2.24, 2.45) is 7.05 Å². The molecular formula is C18H23ClFN5O. The number of benzene rings is 1. The molecule has 0 spiro atoms. The molecule has 8 heteroatoms. The Morgan fingerprint density at radius 3 is 2.58 bits per heavy atom. The molecule has 2 aliphatic heterocycles. The molecule has 1 aromatic carbocycles. The van der Waals surface area contributed by atoms with E-state index in [2.05, 4.69) is 28.8 Å². The Morgan fingerprint density at radius 2 is 1.88 bits per heavy atom. The van der Waals surface area contributed by atoms with Crippen LogP contribution in [0.5, 0.6) is 0 Å². The Kier molecular flexibility index (Phi) is 3.93. The predicted octanol–water partition coefficient (Wildman–Crippen LogP) is 1.99. The van der Waals surface area contributed by atoms with Gasteiger partial charge in [0.1, 0.15) is 5.82 Å².